The number of hydrogen-bond acceptors (Lipinski definition) is 4. The molecule has 0 bridgehead atoms. The van der Waals surface area contributed by atoms with Crippen molar-refractivity contribution in [2.75, 3.05) is 5.32 Å². The number of aromatic nitrogens is 1. The van der Waals surface area contributed by atoms with Gasteiger partial charge in [-0.05, 0) is 56.3 Å². The zero-order valence-electron chi connectivity index (χ0n) is 14.1. The Bertz CT molecular complexity index is 928. The maximum Gasteiger partial charge on any atom is 0.265 e. The van der Waals surface area contributed by atoms with Crippen LogP contribution < -0.4 is 10.1 Å². The van der Waals surface area contributed by atoms with Crippen molar-refractivity contribution in [3.8, 4) is 16.3 Å². The molecular formula is C19H16ClFN2O2S. The predicted octanol–water partition coefficient (Wildman–Crippen LogP) is 5.32. The van der Waals surface area contributed by atoms with Gasteiger partial charge in [0.05, 0.1) is 10.7 Å². The van der Waals surface area contributed by atoms with Gasteiger partial charge in [-0.1, -0.05) is 11.6 Å². The summed E-state index contributed by atoms with van der Waals surface area (Å²) < 4.78 is 18.7. The number of amides is 1. The van der Waals surface area contributed by atoms with Crippen molar-refractivity contribution in [1.82, 2.24) is 4.98 Å². The molecule has 3 aromatic rings. The molecule has 4 nitrogen and oxygen atoms in total. The smallest absolute Gasteiger partial charge is 0.265 e. The molecule has 0 fully saturated rings. The van der Waals surface area contributed by atoms with Gasteiger partial charge >= 0.3 is 0 Å². The van der Waals surface area contributed by atoms with E-state index in [1.807, 2.05) is 24.4 Å². The van der Waals surface area contributed by atoms with Gasteiger partial charge in [-0.3, -0.25) is 4.79 Å². The Hall–Kier alpha value is -2.44. The number of nitrogens with one attached hydrogen (secondary N) is 1. The standard InChI is InChI=1S/C19H16ClFN2O2S/c1-11-10-26-19(22-11)13-3-6-15(7-4-13)25-12(2)18(24)23-17-8-5-14(21)9-16(17)20/h3-10,12H,1-2H3,(H,23,24)/t12-/m0/s1. The Morgan fingerprint density at radius 1 is 1.27 bits per heavy atom. The largest absolute Gasteiger partial charge is 0.481 e. The molecule has 0 aliphatic rings. The number of anilines is 1. The predicted molar refractivity (Wildman–Crippen MR) is 102 cm³/mol. The number of thiazole rings is 1. The molecule has 26 heavy (non-hydrogen) atoms. The van der Waals surface area contributed by atoms with Gasteiger partial charge in [0.25, 0.3) is 5.91 Å². The molecule has 7 heteroatoms. The SMILES string of the molecule is Cc1csc(-c2ccc(O[C@@H](C)C(=O)Nc3ccc(F)cc3Cl)cc2)n1. The van der Waals surface area contributed by atoms with Crippen LogP contribution in [0, 0.1) is 12.7 Å². The van der Waals surface area contributed by atoms with E-state index in [2.05, 4.69) is 10.3 Å². The van der Waals surface area contributed by atoms with Crippen molar-refractivity contribution in [3.05, 3.63) is 64.4 Å². The maximum atomic E-state index is 13.1. The summed E-state index contributed by atoms with van der Waals surface area (Å²) in [4.78, 5) is 16.7. The summed E-state index contributed by atoms with van der Waals surface area (Å²) in [5.41, 5.74) is 2.31. The monoisotopic (exact) mass is 390 g/mol. The highest BCUT2D eigenvalue weighted by molar-refractivity contribution is 7.13. The Kier molecular flexibility index (Phi) is 5.54. The van der Waals surface area contributed by atoms with E-state index in [-0.39, 0.29) is 10.9 Å². The molecule has 0 saturated carbocycles. The number of benzene rings is 2. The Morgan fingerprint density at radius 3 is 2.62 bits per heavy atom. The summed E-state index contributed by atoms with van der Waals surface area (Å²) in [6.07, 6.45) is -0.746. The van der Waals surface area contributed by atoms with Crippen molar-refractivity contribution in [2.24, 2.45) is 0 Å². The Labute approximate surface area is 159 Å². The zero-order valence-corrected chi connectivity index (χ0v) is 15.7. The van der Waals surface area contributed by atoms with Crippen LogP contribution >= 0.6 is 22.9 Å². The molecule has 3 rings (SSSR count). The summed E-state index contributed by atoms with van der Waals surface area (Å²) in [5.74, 6) is -0.277. The Morgan fingerprint density at radius 2 is 2.00 bits per heavy atom. The topological polar surface area (TPSA) is 51.2 Å². The number of halogens is 2. The highest BCUT2D eigenvalue weighted by Crippen LogP contribution is 2.26. The number of nitrogens with zero attached hydrogens (tertiary/aromatic N) is 1. The van der Waals surface area contributed by atoms with Crippen LogP contribution in [0.5, 0.6) is 5.75 Å². The lowest BCUT2D eigenvalue weighted by atomic mass is 10.2. The van der Waals surface area contributed by atoms with Crippen LogP contribution in [0.1, 0.15) is 12.6 Å². The second-order valence-electron chi connectivity index (χ2n) is 5.69. The van der Waals surface area contributed by atoms with Crippen molar-refractivity contribution in [3.63, 3.8) is 0 Å². The molecule has 1 heterocycles. The van der Waals surface area contributed by atoms with E-state index in [0.717, 1.165) is 22.3 Å². The summed E-state index contributed by atoms with van der Waals surface area (Å²) in [6, 6.07) is 11.2. The van der Waals surface area contributed by atoms with Crippen molar-refractivity contribution in [1.29, 1.82) is 0 Å². The van der Waals surface area contributed by atoms with E-state index < -0.39 is 11.9 Å². The molecule has 0 aliphatic heterocycles. The third-order valence-electron chi connectivity index (χ3n) is 3.59. The van der Waals surface area contributed by atoms with E-state index in [1.54, 1.807) is 30.4 Å². The van der Waals surface area contributed by atoms with E-state index in [4.69, 9.17) is 16.3 Å². The van der Waals surface area contributed by atoms with Gasteiger partial charge in [-0.2, -0.15) is 0 Å². The van der Waals surface area contributed by atoms with E-state index in [1.165, 1.54) is 12.1 Å². The van der Waals surface area contributed by atoms with Gasteiger partial charge in [0.1, 0.15) is 16.6 Å². The molecule has 2 aromatic carbocycles. The first-order valence-corrected chi connectivity index (χ1v) is 9.13. The summed E-state index contributed by atoms with van der Waals surface area (Å²) >= 11 is 7.49. The molecule has 0 unspecified atom stereocenters. The molecular weight excluding hydrogens is 375 g/mol. The zero-order chi connectivity index (χ0) is 18.7. The van der Waals surface area contributed by atoms with Crippen molar-refractivity contribution in [2.45, 2.75) is 20.0 Å². The normalized spacial score (nSPS) is 11.8. The average molecular weight is 391 g/mol. The molecule has 0 radical (unpaired) electrons. The number of rotatable bonds is 5. The fourth-order valence-electron chi connectivity index (χ4n) is 2.25. The number of hydrogen-bond donors (Lipinski definition) is 1. The van der Waals surface area contributed by atoms with Gasteiger partial charge in [0.15, 0.2) is 6.10 Å². The quantitative estimate of drug-likeness (QED) is 0.641. The molecule has 1 amide bonds. The lowest BCUT2D eigenvalue weighted by Gasteiger charge is -2.15. The minimum atomic E-state index is -0.746. The highest BCUT2D eigenvalue weighted by atomic mass is 35.5. The van der Waals surface area contributed by atoms with Crippen LogP contribution in [-0.4, -0.2) is 17.0 Å². The fraction of sp³-hybridized carbons (Fsp3) is 0.158. The number of carbonyl (C=O) groups excluding carboxylic acids is 1. The average Bonchev–Trinajstić information content (AvgIpc) is 3.04. The van der Waals surface area contributed by atoms with Crippen LogP contribution in [0.15, 0.2) is 47.8 Å². The number of ether oxygens (including phenoxy) is 1. The third kappa shape index (κ3) is 4.39. The first kappa shape index (κ1) is 18.4. The van der Waals surface area contributed by atoms with Crippen LogP contribution in [0.4, 0.5) is 10.1 Å². The summed E-state index contributed by atoms with van der Waals surface area (Å²) in [7, 11) is 0. The molecule has 0 aliphatic carbocycles. The van der Waals surface area contributed by atoms with Gasteiger partial charge < -0.3 is 10.1 Å². The van der Waals surface area contributed by atoms with Gasteiger partial charge in [-0.25, -0.2) is 9.37 Å². The second-order valence-corrected chi connectivity index (χ2v) is 6.96. The lowest BCUT2D eigenvalue weighted by molar-refractivity contribution is -0.122. The van der Waals surface area contributed by atoms with Crippen LogP contribution in [0.25, 0.3) is 10.6 Å². The third-order valence-corrected chi connectivity index (χ3v) is 4.91. The minimum absolute atomic E-state index is 0.133. The Balaban J connectivity index is 1.63. The van der Waals surface area contributed by atoms with Crippen LogP contribution in [0.3, 0.4) is 0 Å². The molecule has 1 aromatic heterocycles. The molecule has 134 valence electrons. The first-order chi connectivity index (χ1) is 12.4. The summed E-state index contributed by atoms with van der Waals surface area (Å²) in [5, 5.41) is 5.69. The molecule has 1 N–H and O–H groups in total. The number of carbonyl (C=O) groups is 1. The molecule has 0 saturated heterocycles. The van der Waals surface area contributed by atoms with Crippen LogP contribution in [0.2, 0.25) is 5.02 Å². The second kappa shape index (κ2) is 7.85. The van der Waals surface area contributed by atoms with Crippen molar-refractivity contribution < 1.29 is 13.9 Å². The maximum absolute atomic E-state index is 13.1. The van der Waals surface area contributed by atoms with Gasteiger partial charge in [0, 0.05) is 16.6 Å². The number of aryl methyl sites for hydroxylation is 1. The minimum Gasteiger partial charge on any atom is -0.481 e. The first-order valence-electron chi connectivity index (χ1n) is 7.87. The lowest BCUT2D eigenvalue weighted by Crippen LogP contribution is -2.30. The summed E-state index contributed by atoms with van der Waals surface area (Å²) in [6.45, 7) is 3.58. The van der Waals surface area contributed by atoms with E-state index in [9.17, 15) is 9.18 Å². The fourth-order valence-corrected chi connectivity index (χ4v) is 3.26. The van der Waals surface area contributed by atoms with Crippen LogP contribution in [-0.2, 0) is 4.79 Å². The highest BCUT2D eigenvalue weighted by Gasteiger charge is 2.16. The van der Waals surface area contributed by atoms with Gasteiger partial charge in [-0.15, -0.1) is 11.3 Å². The van der Waals surface area contributed by atoms with E-state index >= 15 is 0 Å². The molecule has 0 spiro atoms. The van der Waals surface area contributed by atoms with E-state index in [0.29, 0.717) is 11.4 Å². The van der Waals surface area contributed by atoms with Gasteiger partial charge in [0.2, 0.25) is 0 Å². The van der Waals surface area contributed by atoms with Crippen molar-refractivity contribution >= 4 is 34.5 Å². The molecule has 1 atom stereocenters.